The van der Waals surface area contributed by atoms with E-state index in [2.05, 4.69) is 9.88 Å². The van der Waals surface area contributed by atoms with Gasteiger partial charge in [-0.1, -0.05) is 24.4 Å². The minimum Gasteiger partial charge on any atom is -0.389 e. The van der Waals surface area contributed by atoms with Gasteiger partial charge in [-0.3, -0.25) is 9.88 Å². The van der Waals surface area contributed by atoms with Crippen LogP contribution >= 0.6 is 11.6 Å². The fraction of sp³-hybridized carbons (Fsp3) is 0.615. The van der Waals surface area contributed by atoms with Gasteiger partial charge in [-0.05, 0) is 32.0 Å². The quantitative estimate of drug-likeness (QED) is 0.897. The van der Waals surface area contributed by atoms with Gasteiger partial charge in [-0.25, -0.2) is 0 Å². The van der Waals surface area contributed by atoms with Crippen molar-refractivity contribution in [1.82, 2.24) is 9.88 Å². The van der Waals surface area contributed by atoms with Crippen molar-refractivity contribution in [2.75, 3.05) is 13.6 Å². The van der Waals surface area contributed by atoms with E-state index in [0.717, 1.165) is 37.9 Å². The van der Waals surface area contributed by atoms with Crippen LogP contribution in [0, 0.1) is 0 Å². The lowest BCUT2D eigenvalue weighted by molar-refractivity contribution is 0.0143. The highest BCUT2D eigenvalue weighted by atomic mass is 35.5. The molecule has 0 atom stereocenters. The van der Waals surface area contributed by atoms with Gasteiger partial charge < -0.3 is 5.11 Å². The van der Waals surface area contributed by atoms with Crippen LogP contribution in [-0.4, -0.2) is 34.2 Å². The maximum atomic E-state index is 10.3. The standard InChI is InChI=1S/C13H19ClN2O/c1-16(10-13(17)5-2-3-6-13)9-12-8-11(14)4-7-15-12/h4,7-8,17H,2-3,5-6,9-10H2,1H3. The van der Waals surface area contributed by atoms with E-state index in [0.29, 0.717) is 11.6 Å². The molecule has 1 aliphatic rings. The van der Waals surface area contributed by atoms with Crippen molar-refractivity contribution in [3.63, 3.8) is 0 Å². The molecule has 0 aliphatic heterocycles. The fourth-order valence-electron chi connectivity index (χ4n) is 2.56. The lowest BCUT2D eigenvalue weighted by atomic mass is 10.0. The minimum absolute atomic E-state index is 0.493. The summed E-state index contributed by atoms with van der Waals surface area (Å²) in [6.07, 6.45) is 5.83. The monoisotopic (exact) mass is 254 g/mol. The molecule has 17 heavy (non-hydrogen) atoms. The van der Waals surface area contributed by atoms with E-state index in [1.807, 2.05) is 13.1 Å². The molecule has 0 aromatic carbocycles. The summed E-state index contributed by atoms with van der Waals surface area (Å²) in [5, 5.41) is 11.0. The third-order valence-electron chi connectivity index (χ3n) is 3.31. The van der Waals surface area contributed by atoms with Crippen molar-refractivity contribution < 1.29 is 5.11 Å². The van der Waals surface area contributed by atoms with Gasteiger partial charge in [0, 0.05) is 24.3 Å². The van der Waals surface area contributed by atoms with E-state index in [-0.39, 0.29) is 0 Å². The summed E-state index contributed by atoms with van der Waals surface area (Å²) in [4.78, 5) is 6.38. The highest BCUT2D eigenvalue weighted by molar-refractivity contribution is 6.30. The summed E-state index contributed by atoms with van der Waals surface area (Å²) in [6, 6.07) is 3.65. The van der Waals surface area contributed by atoms with Gasteiger partial charge in [-0.15, -0.1) is 0 Å². The molecular formula is C13H19ClN2O. The molecule has 0 spiro atoms. The molecule has 1 aromatic heterocycles. The molecule has 3 nitrogen and oxygen atoms in total. The molecule has 1 fully saturated rings. The van der Waals surface area contributed by atoms with Gasteiger partial charge in [0.05, 0.1) is 11.3 Å². The van der Waals surface area contributed by atoms with Gasteiger partial charge in [0.1, 0.15) is 0 Å². The van der Waals surface area contributed by atoms with Crippen LogP contribution in [0.4, 0.5) is 0 Å². The maximum Gasteiger partial charge on any atom is 0.0774 e. The molecule has 1 N–H and O–H groups in total. The normalized spacial score (nSPS) is 18.8. The maximum absolute atomic E-state index is 10.3. The van der Waals surface area contributed by atoms with E-state index in [1.165, 1.54) is 0 Å². The van der Waals surface area contributed by atoms with Crippen LogP contribution < -0.4 is 0 Å². The largest absolute Gasteiger partial charge is 0.389 e. The molecule has 0 radical (unpaired) electrons. The number of aliphatic hydroxyl groups is 1. The van der Waals surface area contributed by atoms with Crippen LogP contribution in [0.1, 0.15) is 31.4 Å². The second-order valence-electron chi connectivity index (χ2n) is 5.07. The Morgan fingerprint density at radius 1 is 1.47 bits per heavy atom. The number of aromatic nitrogens is 1. The SMILES string of the molecule is CN(Cc1cc(Cl)ccn1)CC1(O)CCCC1. The molecule has 1 heterocycles. The van der Waals surface area contributed by atoms with Crippen molar-refractivity contribution in [1.29, 1.82) is 0 Å². The van der Waals surface area contributed by atoms with Crippen molar-refractivity contribution in [3.05, 3.63) is 29.0 Å². The van der Waals surface area contributed by atoms with Crippen LogP contribution in [-0.2, 0) is 6.54 Å². The molecule has 0 amide bonds. The molecule has 4 heteroatoms. The van der Waals surface area contributed by atoms with Crippen LogP contribution in [0.3, 0.4) is 0 Å². The predicted molar refractivity (Wildman–Crippen MR) is 69.0 cm³/mol. The molecule has 0 bridgehead atoms. The number of rotatable bonds is 4. The van der Waals surface area contributed by atoms with Crippen LogP contribution in [0.15, 0.2) is 18.3 Å². The Kier molecular flexibility index (Phi) is 4.02. The van der Waals surface area contributed by atoms with Crippen LogP contribution in [0.5, 0.6) is 0 Å². The molecule has 2 rings (SSSR count). The smallest absolute Gasteiger partial charge is 0.0774 e. The molecule has 1 aliphatic carbocycles. The van der Waals surface area contributed by atoms with Gasteiger partial charge >= 0.3 is 0 Å². The lowest BCUT2D eigenvalue weighted by Crippen LogP contribution is -2.38. The topological polar surface area (TPSA) is 36.4 Å². The zero-order chi connectivity index (χ0) is 12.3. The Morgan fingerprint density at radius 2 is 2.18 bits per heavy atom. The molecule has 94 valence electrons. The predicted octanol–water partition coefficient (Wildman–Crippen LogP) is 2.47. The van der Waals surface area contributed by atoms with Crippen molar-refractivity contribution in [2.45, 2.75) is 37.8 Å². The summed E-state index contributed by atoms with van der Waals surface area (Å²) >= 11 is 5.92. The first-order valence-electron chi connectivity index (χ1n) is 6.09. The van der Waals surface area contributed by atoms with E-state index >= 15 is 0 Å². The lowest BCUT2D eigenvalue weighted by Gasteiger charge is -2.28. The Morgan fingerprint density at radius 3 is 2.82 bits per heavy atom. The first-order valence-corrected chi connectivity index (χ1v) is 6.47. The number of nitrogens with zero attached hydrogens (tertiary/aromatic N) is 2. The van der Waals surface area contributed by atoms with E-state index in [4.69, 9.17) is 11.6 Å². The Bertz CT molecular complexity index is 377. The molecule has 1 saturated carbocycles. The Balaban J connectivity index is 1.90. The summed E-state index contributed by atoms with van der Waals surface area (Å²) in [5.74, 6) is 0. The van der Waals surface area contributed by atoms with Gasteiger partial charge in [0.25, 0.3) is 0 Å². The average Bonchev–Trinajstić information content (AvgIpc) is 2.64. The van der Waals surface area contributed by atoms with Gasteiger partial charge in [0.2, 0.25) is 0 Å². The molecule has 0 unspecified atom stereocenters. The van der Waals surface area contributed by atoms with Crippen LogP contribution in [0.25, 0.3) is 0 Å². The first-order chi connectivity index (χ1) is 8.07. The van der Waals surface area contributed by atoms with E-state index in [1.54, 1.807) is 12.3 Å². The van der Waals surface area contributed by atoms with Crippen molar-refractivity contribution in [3.8, 4) is 0 Å². The summed E-state index contributed by atoms with van der Waals surface area (Å²) < 4.78 is 0. The number of hydrogen-bond acceptors (Lipinski definition) is 3. The highest BCUT2D eigenvalue weighted by Gasteiger charge is 2.32. The molecule has 0 saturated heterocycles. The second kappa shape index (κ2) is 5.34. The minimum atomic E-state index is -0.493. The highest BCUT2D eigenvalue weighted by Crippen LogP contribution is 2.30. The summed E-state index contributed by atoms with van der Waals surface area (Å²) in [5.41, 5.74) is 0.453. The number of pyridine rings is 1. The summed E-state index contributed by atoms with van der Waals surface area (Å²) in [7, 11) is 2.01. The Labute approximate surface area is 107 Å². The Hall–Kier alpha value is -0.640. The zero-order valence-corrected chi connectivity index (χ0v) is 11.0. The van der Waals surface area contributed by atoms with Crippen molar-refractivity contribution >= 4 is 11.6 Å². The van der Waals surface area contributed by atoms with Crippen molar-refractivity contribution in [2.24, 2.45) is 0 Å². The third kappa shape index (κ3) is 3.66. The molecule has 1 aromatic rings. The number of halogens is 1. The third-order valence-corrected chi connectivity index (χ3v) is 3.54. The van der Waals surface area contributed by atoms with Gasteiger partial charge in [0.15, 0.2) is 0 Å². The first kappa shape index (κ1) is 12.8. The van der Waals surface area contributed by atoms with Gasteiger partial charge in [-0.2, -0.15) is 0 Å². The zero-order valence-electron chi connectivity index (χ0n) is 10.2. The van der Waals surface area contributed by atoms with E-state index in [9.17, 15) is 5.11 Å². The molecular weight excluding hydrogens is 236 g/mol. The van der Waals surface area contributed by atoms with Crippen LogP contribution in [0.2, 0.25) is 5.02 Å². The fourth-order valence-corrected chi connectivity index (χ4v) is 2.74. The number of likely N-dealkylation sites (N-methyl/N-ethyl adjacent to an activating group) is 1. The average molecular weight is 255 g/mol. The second-order valence-corrected chi connectivity index (χ2v) is 5.51. The number of hydrogen-bond donors (Lipinski definition) is 1. The van der Waals surface area contributed by atoms with E-state index < -0.39 is 5.60 Å². The summed E-state index contributed by atoms with van der Waals surface area (Å²) in [6.45, 7) is 1.43.